The normalized spacial score (nSPS) is 10.9. The lowest BCUT2D eigenvalue weighted by Crippen LogP contribution is -1.91. The molecular formula is C20H17N3O. The fourth-order valence-corrected chi connectivity index (χ4v) is 2.82. The number of imidazole rings is 1. The van der Waals surface area contributed by atoms with Crippen molar-refractivity contribution in [3.8, 4) is 28.3 Å². The highest BCUT2D eigenvalue weighted by Gasteiger charge is 2.16. The molecule has 0 aliphatic heterocycles. The molecule has 0 saturated heterocycles. The van der Waals surface area contributed by atoms with Crippen LogP contribution in [-0.4, -0.2) is 21.5 Å². The van der Waals surface area contributed by atoms with Crippen molar-refractivity contribution in [2.24, 2.45) is 0 Å². The van der Waals surface area contributed by atoms with Gasteiger partial charge in [-0.2, -0.15) is 0 Å². The van der Waals surface area contributed by atoms with Crippen LogP contribution < -0.4 is 4.74 Å². The van der Waals surface area contributed by atoms with Crippen LogP contribution in [0.3, 0.4) is 0 Å². The molecule has 0 unspecified atom stereocenters. The highest BCUT2D eigenvalue weighted by Crippen LogP contribution is 2.33. The van der Waals surface area contributed by atoms with Gasteiger partial charge in [-0.15, -0.1) is 0 Å². The molecule has 0 aliphatic carbocycles. The standard InChI is InChI=1S/C20H17N3O/c1-14-4-6-16(7-5-14)19-18(15-8-10-17(24-2)11-9-15)22-20-21-12-3-13-23(19)20/h3-13H,1-2H3. The molecule has 4 rings (SSSR count). The van der Waals surface area contributed by atoms with Gasteiger partial charge in [0, 0.05) is 23.5 Å². The zero-order chi connectivity index (χ0) is 16.5. The Morgan fingerprint density at radius 2 is 1.62 bits per heavy atom. The largest absolute Gasteiger partial charge is 0.497 e. The Kier molecular flexibility index (Phi) is 3.50. The predicted octanol–water partition coefficient (Wildman–Crippen LogP) is 4.38. The van der Waals surface area contributed by atoms with Gasteiger partial charge in [0.2, 0.25) is 5.78 Å². The molecule has 0 radical (unpaired) electrons. The van der Waals surface area contributed by atoms with E-state index in [0.29, 0.717) is 5.78 Å². The molecular weight excluding hydrogens is 298 g/mol. The Morgan fingerprint density at radius 1 is 0.917 bits per heavy atom. The molecule has 4 aromatic rings. The molecule has 0 aliphatic rings. The van der Waals surface area contributed by atoms with Crippen LogP contribution in [0, 0.1) is 6.92 Å². The fraction of sp³-hybridized carbons (Fsp3) is 0.100. The molecule has 118 valence electrons. The SMILES string of the molecule is COc1ccc(-c2nc3ncccn3c2-c2ccc(C)cc2)cc1. The van der Waals surface area contributed by atoms with Crippen molar-refractivity contribution in [2.45, 2.75) is 6.92 Å². The van der Waals surface area contributed by atoms with Gasteiger partial charge in [0.15, 0.2) is 0 Å². The number of fused-ring (bicyclic) bond motifs is 1. The lowest BCUT2D eigenvalue weighted by molar-refractivity contribution is 0.415. The number of aryl methyl sites for hydroxylation is 1. The molecule has 4 heteroatoms. The van der Waals surface area contributed by atoms with Gasteiger partial charge in [0.05, 0.1) is 18.5 Å². The third-order valence-corrected chi connectivity index (χ3v) is 4.09. The second-order valence-corrected chi connectivity index (χ2v) is 5.69. The summed E-state index contributed by atoms with van der Waals surface area (Å²) in [5, 5.41) is 0. The topological polar surface area (TPSA) is 39.4 Å². The van der Waals surface area contributed by atoms with Crippen molar-refractivity contribution in [1.82, 2.24) is 14.4 Å². The number of hydrogen-bond acceptors (Lipinski definition) is 3. The van der Waals surface area contributed by atoms with Gasteiger partial charge in [-0.1, -0.05) is 29.8 Å². The average Bonchev–Trinajstić information content (AvgIpc) is 3.02. The van der Waals surface area contributed by atoms with Crippen LogP contribution in [0.1, 0.15) is 5.56 Å². The molecule has 0 fully saturated rings. The molecule has 2 aromatic carbocycles. The van der Waals surface area contributed by atoms with Crippen molar-refractivity contribution >= 4 is 5.78 Å². The minimum Gasteiger partial charge on any atom is -0.497 e. The molecule has 0 bridgehead atoms. The van der Waals surface area contributed by atoms with Crippen LogP contribution >= 0.6 is 0 Å². The molecule has 24 heavy (non-hydrogen) atoms. The first kappa shape index (κ1) is 14.5. The maximum atomic E-state index is 5.25. The zero-order valence-electron chi connectivity index (χ0n) is 13.6. The second kappa shape index (κ2) is 5.81. The zero-order valence-corrected chi connectivity index (χ0v) is 13.6. The number of ether oxygens (including phenoxy) is 1. The average molecular weight is 315 g/mol. The maximum Gasteiger partial charge on any atom is 0.234 e. The lowest BCUT2D eigenvalue weighted by Gasteiger charge is -2.07. The molecule has 0 spiro atoms. The van der Waals surface area contributed by atoms with Gasteiger partial charge in [-0.05, 0) is 37.3 Å². The van der Waals surface area contributed by atoms with Gasteiger partial charge in [-0.3, -0.25) is 4.40 Å². The van der Waals surface area contributed by atoms with Gasteiger partial charge in [-0.25, -0.2) is 9.97 Å². The van der Waals surface area contributed by atoms with Crippen molar-refractivity contribution in [3.63, 3.8) is 0 Å². The Balaban J connectivity index is 1.97. The third kappa shape index (κ3) is 2.42. The Labute approximate surface area is 140 Å². The van der Waals surface area contributed by atoms with Crippen LogP contribution in [0.25, 0.3) is 28.3 Å². The Morgan fingerprint density at radius 3 is 2.33 bits per heavy atom. The molecule has 2 heterocycles. The maximum absolute atomic E-state index is 5.25. The van der Waals surface area contributed by atoms with Crippen LogP contribution in [-0.2, 0) is 0 Å². The van der Waals surface area contributed by atoms with E-state index in [4.69, 9.17) is 9.72 Å². The lowest BCUT2D eigenvalue weighted by atomic mass is 10.0. The van der Waals surface area contributed by atoms with Crippen molar-refractivity contribution in [3.05, 3.63) is 72.6 Å². The third-order valence-electron chi connectivity index (χ3n) is 4.09. The molecule has 0 N–H and O–H groups in total. The van der Waals surface area contributed by atoms with Crippen molar-refractivity contribution in [1.29, 1.82) is 0 Å². The van der Waals surface area contributed by atoms with E-state index in [0.717, 1.165) is 28.3 Å². The summed E-state index contributed by atoms with van der Waals surface area (Å²) in [4.78, 5) is 9.14. The summed E-state index contributed by atoms with van der Waals surface area (Å²) in [6, 6.07) is 18.3. The van der Waals surface area contributed by atoms with Gasteiger partial charge in [0.1, 0.15) is 5.75 Å². The summed E-state index contributed by atoms with van der Waals surface area (Å²) in [7, 11) is 1.67. The van der Waals surface area contributed by atoms with Crippen LogP contribution in [0.2, 0.25) is 0 Å². The first-order valence-electron chi connectivity index (χ1n) is 7.81. The van der Waals surface area contributed by atoms with Crippen LogP contribution in [0.4, 0.5) is 0 Å². The molecule has 0 atom stereocenters. The van der Waals surface area contributed by atoms with Gasteiger partial charge < -0.3 is 4.74 Å². The van der Waals surface area contributed by atoms with Crippen molar-refractivity contribution in [2.75, 3.05) is 7.11 Å². The number of rotatable bonds is 3. The Bertz CT molecular complexity index is 986. The number of methoxy groups -OCH3 is 1. The smallest absolute Gasteiger partial charge is 0.234 e. The first-order chi connectivity index (χ1) is 11.8. The van der Waals surface area contributed by atoms with E-state index in [1.807, 2.05) is 40.9 Å². The number of aromatic nitrogens is 3. The minimum absolute atomic E-state index is 0.693. The summed E-state index contributed by atoms with van der Waals surface area (Å²) >= 11 is 0. The summed E-state index contributed by atoms with van der Waals surface area (Å²) in [5.74, 6) is 1.52. The van der Waals surface area contributed by atoms with Gasteiger partial charge >= 0.3 is 0 Å². The second-order valence-electron chi connectivity index (χ2n) is 5.69. The number of benzene rings is 2. The minimum atomic E-state index is 0.693. The van der Waals surface area contributed by atoms with E-state index >= 15 is 0 Å². The fourth-order valence-electron chi connectivity index (χ4n) is 2.82. The molecule has 0 amide bonds. The Hall–Kier alpha value is -3.14. The summed E-state index contributed by atoms with van der Waals surface area (Å²) in [6.07, 6.45) is 3.76. The highest BCUT2D eigenvalue weighted by atomic mass is 16.5. The van der Waals surface area contributed by atoms with Gasteiger partial charge in [0.25, 0.3) is 0 Å². The highest BCUT2D eigenvalue weighted by molar-refractivity contribution is 5.81. The molecule has 0 saturated carbocycles. The van der Waals surface area contributed by atoms with E-state index in [1.54, 1.807) is 13.3 Å². The van der Waals surface area contributed by atoms with E-state index in [2.05, 4.69) is 36.2 Å². The van der Waals surface area contributed by atoms with Crippen molar-refractivity contribution < 1.29 is 4.74 Å². The molecule has 2 aromatic heterocycles. The molecule has 4 nitrogen and oxygen atoms in total. The number of nitrogens with zero attached hydrogens (tertiary/aromatic N) is 3. The summed E-state index contributed by atoms with van der Waals surface area (Å²) < 4.78 is 7.29. The van der Waals surface area contributed by atoms with E-state index < -0.39 is 0 Å². The predicted molar refractivity (Wildman–Crippen MR) is 95.1 cm³/mol. The van der Waals surface area contributed by atoms with Crippen LogP contribution in [0.5, 0.6) is 5.75 Å². The van der Waals surface area contributed by atoms with E-state index in [1.165, 1.54) is 5.56 Å². The quantitative estimate of drug-likeness (QED) is 0.563. The van der Waals surface area contributed by atoms with Crippen LogP contribution in [0.15, 0.2) is 67.0 Å². The number of hydrogen-bond donors (Lipinski definition) is 0. The van der Waals surface area contributed by atoms with E-state index in [9.17, 15) is 0 Å². The summed E-state index contributed by atoms with van der Waals surface area (Å²) in [6.45, 7) is 2.09. The van der Waals surface area contributed by atoms with E-state index in [-0.39, 0.29) is 0 Å². The summed E-state index contributed by atoms with van der Waals surface area (Å²) in [5.41, 5.74) is 5.35. The first-order valence-corrected chi connectivity index (χ1v) is 7.81. The monoisotopic (exact) mass is 315 g/mol.